The molecule has 5 heteroatoms. The Hall–Kier alpha value is -1.07. The summed E-state index contributed by atoms with van der Waals surface area (Å²) in [6, 6.07) is 8.63. The highest BCUT2D eigenvalue weighted by Gasteiger charge is 2.37. The summed E-state index contributed by atoms with van der Waals surface area (Å²) in [6.07, 6.45) is 1.13. The molecule has 1 unspecified atom stereocenters. The maximum absolute atomic E-state index is 11.4. The molecule has 2 bridgehead atoms. The van der Waals surface area contributed by atoms with Gasteiger partial charge < -0.3 is 10.0 Å². The summed E-state index contributed by atoms with van der Waals surface area (Å²) in [4.78, 5) is 15.5. The van der Waals surface area contributed by atoms with Gasteiger partial charge in [0.2, 0.25) is 0 Å². The van der Waals surface area contributed by atoms with Crippen molar-refractivity contribution in [3.63, 3.8) is 0 Å². The van der Waals surface area contributed by atoms with E-state index in [9.17, 15) is 9.90 Å². The van der Waals surface area contributed by atoms with Gasteiger partial charge in [-0.25, -0.2) is 4.79 Å². The van der Waals surface area contributed by atoms with Gasteiger partial charge in [0.1, 0.15) is 0 Å². The van der Waals surface area contributed by atoms with Gasteiger partial charge in [0.05, 0.1) is 6.04 Å². The maximum atomic E-state index is 11.4. The summed E-state index contributed by atoms with van der Waals surface area (Å²) >= 11 is 3.44. The van der Waals surface area contributed by atoms with E-state index in [-0.39, 0.29) is 12.1 Å². The number of carbonyl (C=O) groups is 1. The van der Waals surface area contributed by atoms with Crippen molar-refractivity contribution in [3.8, 4) is 0 Å². The molecule has 0 radical (unpaired) electrons. The molecule has 1 N–H and O–H groups in total. The topological polar surface area (TPSA) is 43.8 Å². The van der Waals surface area contributed by atoms with E-state index in [4.69, 9.17) is 0 Å². The van der Waals surface area contributed by atoms with Crippen LogP contribution in [0, 0.1) is 0 Å². The van der Waals surface area contributed by atoms with Crippen LogP contribution in [0.3, 0.4) is 0 Å². The first-order valence-electron chi connectivity index (χ1n) is 6.64. The molecule has 0 saturated carbocycles. The van der Waals surface area contributed by atoms with Gasteiger partial charge in [0, 0.05) is 30.1 Å². The number of halogens is 1. The average Bonchev–Trinajstić information content (AvgIpc) is 2.70. The lowest BCUT2D eigenvalue weighted by molar-refractivity contribution is 0.123. The molecular formula is C14H17BrN2O2. The van der Waals surface area contributed by atoms with Gasteiger partial charge in [-0.3, -0.25) is 4.90 Å². The van der Waals surface area contributed by atoms with E-state index < -0.39 is 6.09 Å². The lowest BCUT2D eigenvalue weighted by Gasteiger charge is -2.31. The summed E-state index contributed by atoms with van der Waals surface area (Å²) < 4.78 is 1.05. The van der Waals surface area contributed by atoms with Crippen molar-refractivity contribution in [1.29, 1.82) is 0 Å². The minimum Gasteiger partial charge on any atom is -0.465 e. The van der Waals surface area contributed by atoms with Crippen molar-refractivity contribution in [1.82, 2.24) is 9.80 Å². The Balaban J connectivity index is 1.91. The van der Waals surface area contributed by atoms with Crippen LogP contribution in [0.4, 0.5) is 4.79 Å². The van der Waals surface area contributed by atoms with Gasteiger partial charge in [0.25, 0.3) is 0 Å². The second-order valence-electron chi connectivity index (χ2n) is 5.27. The molecule has 102 valence electrons. The number of fused-ring (bicyclic) bond motifs is 4. The Kier molecular flexibility index (Phi) is 3.50. The van der Waals surface area contributed by atoms with E-state index in [1.165, 1.54) is 5.56 Å². The van der Waals surface area contributed by atoms with Crippen LogP contribution < -0.4 is 0 Å². The zero-order valence-corrected chi connectivity index (χ0v) is 12.2. The van der Waals surface area contributed by atoms with Crippen LogP contribution in [0.15, 0.2) is 28.7 Å². The predicted octanol–water partition coefficient (Wildman–Crippen LogP) is 2.95. The SMILES string of the molecule is O=C(O)N1CC(c2ccc(Br)cc2)N2CCC1CC2. The van der Waals surface area contributed by atoms with Crippen molar-refractivity contribution in [2.24, 2.45) is 0 Å². The minimum atomic E-state index is -0.782. The number of benzene rings is 1. The third-order valence-electron chi connectivity index (χ3n) is 4.25. The second-order valence-corrected chi connectivity index (χ2v) is 6.19. The second kappa shape index (κ2) is 5.13. The summed E-state index contributed by atoms with van der Waals surface area (Å²) in [5, 5.41) is 9.39. The summed E-state index contributed by atoms with van der Waals surface area (Å²) in [5.74, 6) is 0. The number of hydrogen-bond donors (Lipinski definition) is 1. The van der Waals surface area contributed by atoms with Crippen LogP contribution in [-0.2, 0) is 0 Å². The lowest BCUT2D eigenvalue weighted by atomic mass is 10.0. The molecule has 0 aromatic heterocycles. The first-order valence-corrected chi connectivity index (χ1v) is 7.43. The van der Waals surface area contributed by atoms with E-state index in [2.05, 4.69) is 33.0 Å². The Morgan fingerprint density at radius 3 is 2.42 bits per heavy atom. The fraction of sp³-hybridized carbons (Fsp3) is 0.500. The minimum absolute atomic E-state index is 0.191. The molecule has 3 heterocycles. The molecule has 19 heavy (non-hydrogen) atoms. The molecule has 4 rings (SSSR count). The van der Waals surface area contributed by atoms with Crippen LogP contribution in [0.1, 0.15) is 24.4 Å². The third kappa shape index (κ3) is 2.49. The molecule has 3 fully saturated rings. The zero-order chi connectivity index (χ0) is 13.4. The highest BCUT2D eigenvalue weighted by Crippen LogP contribution is 2.33. The number of amides is 1. The van der Waals surface area contributed by atoms with E-state index in [0.717, 1.165) is 30.4 Å². The largest absolute Gasteiger partial charge is 0.465 e. The maximum Gasteiger partial charge on any atom is 0.407 e. The van der Waals surface area contributed by atoms with Crippen molar-refractivity contribution >= 4 is 22.0 Å². The summed E-state index contributed by atoms with van der Waals surface area (Å²) in [5.41, 5.74) is 1.21. The monoisotopic (exact) mass is 324 g/mol. The van der Waals surface area contributed by atoms with Crippen molar-refractivity contribution in [2.75, 3.05) is 19.6 Å². The highest BCUT2D eigenvalue weighted by atomic mass is 79.9. The number of hydrogen-bond acceptors (Lipinski definition) is 2. The van der Waals surface area contributed by atoms with Gasteiger partial charge in [-0.05, 0) is 30.5 Å². The van der Waals surface area contributed by atoms with Crippen LogP contribution in [0.5, 0.6) is 0 Å². The van der Waals surface area contributed by atoms with E-state index in [1.54, 1.807) is 4.90 Å². The molecule has 1 atom stereocenters. The van der Waals surface area contributed by atoms with Crippen LogP contribution in [0.25, 0.3) is 0 Å². The molecule has 1 aromatic rings. The average molecular weight is 325 g/mol. The molecule has 3 saturated heterocycles. The lowest BCUT2D eigenvalue weighted by Crippen LogP contribution is -2.40. The first kappa shape index (κ1) is 12.9. The normalized spacial score (nSPS) is 30.2. The molecule has 3 aliphatic rings. The molecule has 3 aliphatic heterocycles. The van der Waals surface area contributed by atoms with Gasteiger partial charge in [-0.15, -0.1) is 0 Å². The van der Waals surface area contributed by atoms with Gasteiger partial charge in [-0.1, -0.05) is 28.1 Å². The first-order chi connectivity index (χ1) is 9.15. The smallest absolute Gasteiger partial charge is 0.407 e. The fourth-order valence-electron chi connectivity index (χ4n) is 3.20. The number of rotatable bonds is 1. The van der Waals surface area contributed by atoms with Crippen molar-refractivity contribution in [2.45, 2.75) is 24.9 Å². The Bertz CT molecular complexity index is 469. The Morgan fingerprint density at radius 2 is 1.84 bits per heavy atom. The van der Waals surface area contributed by atoms with Crippen LogP contribution in [0.2, 0.25) is 0 Å². The molecule has 1 aromatic carbocycles. The van der Waals surface area contributed by atoms with Gasteiger partial charge >= 0.3 is 6.09 Å². The number of nitrogens with zero attached hydrogens (tertiary/aromatic N) is 2. The summed E-state index contributed by atoms with van der Waals surface area (Å²) in [7, 11) is 0. The third-order valence-corrected chi connectivity index (χ3v) is 4.78. The predicted molar refractivity (Wildman–Crippen MR) is 76.2 cm³/mol. The van der Waals surface area contributed by atoms with Crippen LogP contribution in [-0.4, -0.2) is 46.7 Å². The van der Waals surface area contributed by atoms with Crippen LogP contribution >= 0.6 is 15.9 Å². The standard InChI is InChI=1S/C14H17BrN2O2/c15-11-3-1-10(2-4-11)13-9-17(14(18)19)12-5-7-16(13)8-6-12/h1-4,12-13H,5-9H2,(H,18,19). The fourth-order valence-corrected chi connectivity index (χ4v) is 3.46. The molecule has 4 nitrogen and oxygen atoms in total. The molecule has 0 aliphatic carbocycles. The van der Waals surface area contributed by atoms with E-state index >= 15 is 0 Å². The number of carboxylic acid groups (broad SMARTS) is 1. The quantitative estimate of drug-likeness (QED) is 0.863. The highest BCUT2D eigenvalue weighted by molar-refractivity contribution is 9.10. The van der Waals surface area contributed by atoms with Gasteiger partial charge in [0.15, 0.2) is 0 Å². The Morgan fingerprint density at radius 1 is 1.21 bits per heavy atom. The van der Waals surface area contributed by atoms with E-state index in [0.29, 0.717) is 6.54 Å². The molecule has 1 amide bonds. The summed E-state index contributed by atoms with van der Waals surface area (Å²) in [6.45, 7) is 2.58. The van der Waals surface area contributed by atoms with Crippen molar-refractivity contribution < 1.29 is 9.90 Å². The Labute approximate surface area is 121 Å². The van der Waals surface area contributed by atoms with E-state index in [1.807, 2.05) is 12.1 Å². The molecule has 0 spiro atoms. The molecular weight excluding hydrogens is 308 g/mol. The van der Waals surface area contributed by atoms with Gasteiger partial charge in [-0.2, -0.15) is 0 Å². The van der Waals surface area contributed by atoms with Crippen molar-refractivity contribution in [3.05, 3.63) is 34.3 Å². The number of piperidine rings is 1. The zero-order valence-electron chi connectivity index (χ0n) is 10.6.